The lowest BCUT2D eigenvalue weighted by atomic mass is 9.48. The molecule has 1 atom stereocenters. The first-order valence-electron chi connectivity index (χ1n) is 6.33. The van der Waals surface area contributed by atoms with E-state index >= 15 is 0 Å². The van der Waals surface area contributed by atoms with E-state index in [4.69, 9.17) is 0 Å². The average Bonchev–Trinajstić information content (AvgIpc) is 1.96. The van der Waals surface area contributed by atoms with Crippen molar-refractivity contribution in [3.05, 3.63) is 0 Å². The SMILES string of the molecule is CC(O)CC12CC3CC(CC(C3)C1)C2. The van der Waals surface area contributed by atoms with Gasteiger partial charge >= 0.3 is 0 Å². The Kier molecular flexibility index (Phi) is 1.96. The molecule has 1 N–H and O–H groups in total. The van der Waals surface area contributed by atoms with Crippen LogP contribution in [0.25, 0.3) is 0 Å². The Hall–Kier alpha value is -0.0400. The Morgan fingerprint density at radius 3 is 1.86 bits per heavy atom. The standard InChI is InChI=1S/C13H22O/c1-9(14)5-13-6-10-2-11(7-13)4-12(3-10)8-13/h9-12,14H,2-8H2,1H3. The summed E-state index contributed by atoms with van der Waals surface area (Å²) in [6.07, 6.45) is 9.84. The molecule has 0 spiro atoms. The Morgan fingerprint density at radius 1 is 1.07 bits per heavy atom. The first-order chi connectivity index (χ1) is 6.65. The molecule has 1 nitrogen and oxygen atoms in total. The molecule has 0 aromatic rings. The predicted octanol–water partition coefficient (Wildman–Crippen LogP) is 2.97. The molecule has 14 heavy (non-hydrogen) atoms. The fraction of sp³-hybridized carbons (Fsp3) is 1.00. The van der Waals surface area contributed by atoms with Gasteiger partial charge < -0.3 is 5.11 Å². The highest BCUT2D eigenvalue weighted by molar-refractivity contribution is 5.01. The monoisotopic (exact) mass is 194 g/mol. The van der Waals surface area contributed by atoms with Crippen molar-refractivity contribution in [2.45, 2.75) is 58.0 Å². The van der Waals surface area contributed by atoms with Crippen LogP contribution in [0.4, 0.5) is 0 Å². The van der Waals surface area contributed by atoms with Crippen molar-refractivity contribution in [2.24, 2.45) is 23.2 Å². The molecule has 0 aliphatic heterocycles. The molecule has 0 heterocycles. The summed E-state index contributed by atoms with van der Waals surface area (Å²) in [5, 5.41) is 9.61. The van der Waals surface area contributed by atoms with Gasteiger partial charge in [0.25, 0.3) is 0 Å². The van der Waals surface area contributed by atoms with Gasteiger partial charge in [-0.3, -0.25) is 0 Å². The summed E-state index contributed by atoms with van der Waals surface area (Å²) in [4.78, 5) is 0. The quantitative estimate of drug-likeness (QED) is 0.716. The van der Waals surface area contributed by atoms with Gasteiger partial charge in [-0.2, -0.15) is 0 Å². The third-order valence-corrected chi connectivity index (χ3v) is 4.89. The Labute approximate surface area is 86.9 Å². The zero-order chi connectivity index (χ0) is 9.76. The maximum atomic E-state index is 9.61. The molecule has 0 radical (unpaired) electrons. The van der Waals surface area contributed by atoms with Crippen LogP contribution in [0.3, 0.4) is 0 Å². The second-order valence-electron chi connectivity index (χ2n) is 6.47. The highest BCUT2D eigenvalue weighted by atomic mass is 16.3. The zero-order valence-corrected chi connectivity index (χ0v) is 9.21. The lowest BCUT2D eigenvalue weighted by Gasteiger charge is -2.57. The second kappa shape index (κ2) is 2.98. The van der Waals surface area contributed by atoms with Crippen LogP contribution in [0.15, 0.2) is 0 Å². The van der Waals surface area contributed by atoms with Crippen LogP contribution in [-0.2, 0) is 0 Å². The topological polar surface area (TPSA) is 20.2 Å². The normalized spacial score (nSPS) is 52.3. The zero-order valence-electron chi connectivity index (χ0n) is 9.21. The van der Waals surface area contributed by atoms with Gasteiger partial charge in [-0.15, -0.1) is 0 Å². The van der Waals surface area contributed by atoms with Crippen molar-refractivity contribution in [1.29, 1.82) is 0 Å². The van der Waals surface area contributed by atoms with Crippen molar-refractivity contribution in [2.75, 3.05) is 0 Å². The first-order valence-corrected chi connectivity index (χ1v) is 6.33. The summed E-state index contributed by atoms with van der Waals surface area (Å²) in [6.45, 7) is 1.97. The van der Waals surface area contributed by atoms with E-state index < -0.39 is 0 Å². The summed E-state index contributed by atoms with van der Waals surface area (Å²) in [6, 6.07) is 0. The predicted molar refractivity (Wildman–Crippen MR) is 56.9 cm³/mol. The van der Waals surface area contributed by atoms with Crippen molar-refractivity contribution in [3.63, 3.8) is 0 Å². The van der Waals surface area contributed by atoms with Gasteiger partial charge in [-0.1, -0.05) is 0 Å². The molecule has 0 saturated heterocycles. The molecule has 0 amide bonds. The second-order valence-corrected chi connectivity index (χ2v) is 6.47. The van der Waals surface area contributed by atoms with Crippen LogP contribution in [0.1, 0.15) is 51.9 Å². The van der Waals surface area contributed by atoms with E-state index in [-0.39, 0.29) is 6.10 Å². The van der Waals surface area contributed by atoms with E-state index in [0.717, 1.165) is 24.2 Å². The van der Waals surface area contributed by atoms with E-state index in [1.165, 1.54) is 38.5 Å². The summed E-state index contributed by atoms with van der Waals surface area (Å²) in [7, 11) is 0. The van der Waals surface area contributed by atoms with Gasteiger partial charge in [0.15, 0.2) is 0 Å². The van der Waals surface area contributed by atoms with Gasteiger partial charge in [0, 0.05) is 0 Å². The number of aliphatic hydroxyl groups excluding tert-OH is 1. The Bertz CT molecular complexity index is 190. The van der Waals surface area contributed by atoms with Gasteiger partial charge in [0.1, 0.15) is 0 Å². The molecule has 4 saturated carbocycles. The molecular weight excluding hydrogens is 172 g/mol. The largest absolute Gasteiger partial charge is 0.393 e. The molecule has 4 fully saturated rings. The number of aliphatic hydroxyl groups is 1. The highest BCUT2D eigenvalue weighted by Crippen LogP contribution is 2.61. The van der Waals surface area contributed by atoms with Gasteiger partial charge in [0.05, 0.1) is 6.10 Å². The minimum Gasteiger partial charge on any atom is -0.393 e. The molecular formula is C13H22O. The van der Waals surface area contributed by atoms with Crippen LogP contribution in [0.2, 0.25) is 0 Å². The number of hydrogen-bond donors (Lipinski definition) is 1. The Morgan fingerprint density at radius 2 is 1.50 bits per heavy atom. The van der Waals surface area contributed by atoms with E-state index in [1.807, 2.05) is 6.92 Å². The van der Waals surface area contributed by atoms with E-state index in [1.54, 1.807) is 0 Å². The van der Waals surface area contributed by atoms with E-state index in [2.05, 4.69) is 0 Å². The first kappa shape index (κ1) is 9.21. The molecule has 80 valence electrons. The molecule has 4 rings (SSSR count). The molecule has 0 aromatic heterocycles. The fourth-order valence-electron chi connectivity index (χ4n) is 5.17. The summed E-state index contributed by atoms with van der Waals surface area (Å²) in [5.41, 5.74) is 0.572. The maximum Gasteiger partial charge on any atom is 0.0517 e. The van der Waals surface area contributed by atoms with Crippen molar-refractivity contribution >= 4 is 0 Å². The summed E-state index contributed by atoms with van der Waals surface area (Å²) >= 11 is 0. The molecule has 4 aliphatic rings. The van der Waals surface area contributed by atoms with Crippen LogP contribution < -0.4 is 0 Å². The van der Waals surface area contributed by atoms with Gasteiger partial charge in [-0.05, 0) is 75.0 Å². The highest BCUT2D eigenvalue weighted by Gasteiger charge is 2.50. The molecule has 4 bridgehead atoms. The van der Waals surface area contributed by atoms with Crippen LogP contribution in [-0.4, -0.2) is 11.2 Å². The van der Waals surface area contributed by atoms with E-state index in [0.29, 0.717) is 5.41 Å². The lowest BCUT2D eigenvalue weighted by molar-refractivity contribution is -0.0735. The minimum absolute atomic E-state index is 0.0775. The van der Waals surface area contributed by atoms with Gasteiger partial charge in [-0.25, -0.2) is 0 Å². The molecule has 1 heteroatoms. The number of hydrogen-bond acceptors (Lipinski definition) is 1. The summed E-state index contributed by atoms with van der Waals surface area (Å²) < 4.78 is 0. The van der Waals surface area contributed by atoms with Crippen LogP contribution in [0.5, 0.6) is 0 Å². The van der Waals surface area contributed by atoms with Crippen molar-refractivity contribution in [3.8, 4) is 0 Å². The Balaban J connectivity index is 1.80. The van der Waals surface area contributed by atoms with E-state index in [9.17, 15) is 5.11 Å². The third kappa shape index (κ3) is 1.41. The molecule has 4 aliphatic carbocycles. The van der Waals surface area contributed by atoms with Crippen molar-refractivity contribution in [1.82, 2.24) is 0 Å². The molecule has 0 aromatic carbocycles. The molecule has 1 unspecified atom stereocenters. The lowest BCUT2D eigenvalue weighted by Crippen LogP contribution is -2.47. The average molecular weight is 194 g/mol. The fourth-order valence-corrected chi connectivity index (χ4v) is 5.17. The van der Waals surface area contributed by atoms with Crippen LogP contribution in [0, 0.1) is 23.2 Å². The van der Waals surface area contributed by atoms with Crippen LogP contribution >= 0.6 is 0 Å². The smallest absolute Gasteiger partial charge is 0.0517 e. The maximum absolute atomic E-state index is 9.61. The number of rotatable bonds is 2. The minimum atomic E-state index is -0.0775. The van der Waals surface area contributed by atoms with Gasteiger partial charge in [0.2, 0.25) is 0 Å². The van der Waals surface area contributed by atoms with Crippen molar-refractivity contribution < 1.29 is 5.11 Å². The third-order valence-electron chi connectivity index (χ3n) is 4.89. The summed E-state index contributed by atoms with van der Waals surface area (Å²) in [5.74, 6) is 3.08.